The molecule has 0 bridgehead atoms. The van der Waals surface area contributed by atoms with Crippen LogP contribution >= 0.6 is 24.0 Å². The molecule has 0 aliphatic heterocycles. The molecule has 1 N–H and O–H groups in total. The number of hydrogen-bond donors (Lipinski definition) is 1. The second kappa shape index (κ2) is 9.82. The Kier molecular flexibility index (Phi) is 9.80. The van der Waals surface area contributed by atoms with E-state index in [4.69, 9.17) is 4.74 Å². The Labute approximate surface area is 141 Å². The van der Waals surface area contributed by atoms with Gasteiger partial charge in [-0.3, -0.25) is 4.99 Å². The first-order chi connectivity index (χ1) is 8.92. The van der Waals surface area contributed by atoms with Crippen molar-refractivity contribution in [3.8, 4) is 0 Å². The van der Waals surface area contributed by atoms with Gasteiger partial charge in [0.25, 0.3) is 0 Å². The summed E-state index contributed by atoms with van der Waals surface area (Å²) < 4.78 is 5.66. The van der Waals surface area contributed by atoms with Crippen molar-refractivity contribution in [1.82, 2.24) is 10.2 Å². The maximum Gasteiger partial charge on any atom is 0.193 e. The second-order valence-electron chi connectivity index (χ2n) is 6.72. The Morgan fingerprint density at radius 3 is 2.50 bits per heavy atom. The topological polar surface area (TPSA) is 36.9 Å². The molecule has 0 spiro atoms. The van der Waals surface area contributed by atoms with E-state index in [1.165, 1.54) is 12.8 Å². The predicted molar refractivity (Wildman–Crippen MR) is 97.0 cm³/mol. The largest absolute Gasteiger partial charge is 0.379 e. The first kappa shape index (κ1) is 20.0. The lowest BCUT2D eigenvalue weighted by Crippen LogP contribution is -2.41. The predicted octanol–water partition coefficient (Wildman–Crippen LogP) is 2.97. The van der Waals surface area contributed by atoms with Crippen LogP contribution in [0.4, 0.5) is 0 Å². The molecule has 0 radical (unpaired) electrons. The van der Waals surface area contributed by atoms with E-state index in [1.807, 2.05) is 7.05 Å². The Balaban J connectivity index is 0.00000361. The van der Waals surface area contributed by atoms with Crippen LogP contribution in [-0.2, 0) is 4.74 Å². The van der Waals surface area contributed by atoms with Crippen molar-refractivity contribution in [2.75, 3.05) is 40.4 Å². The van der Waals surface area contributed by atoms with Crippen LogP contribution in [0.3, 0.4) is 0 Å². The fraction of sp³-hybridized carbons (Fsp3) is 0.933. The maximum atomic E-state index is 5.66. The van der Waals surface area contributed by atoms with Gasteiger partial charge in [-0.1, -0.05) is 20.8 Å². The lowest BCUT2D eigenvalue weighted by Gasteiger charge is -2.24. The minimum absolute atomic E-state index is 0. The smallest absolute Gasteiger partial charge is 0.193 e. The lowest BCUT2D eigenvalue weighted by molar-refractivity contribution is 0.115. The Bertz CT molecular complexity index is 285. The third-order valence-electron chi connectivity index (χ3n) is 3.35. The molecule has 0 heterocycles. The highest BCUT2D eigenvalue weighted by Gasteiger charge is 2.21. The molecular formula is C15H32IN3O. The zero-order valence-electron chi connectivity index (χ0n) is 13.7. The van der Waals surface area contributed by atoms with E-state index >= 15 is 0 Å². The van der Waals surface area contributed by atoms with Crippen molar-refractivity contribution in [2.24, 2.45) is 16.3 Å². The monoisotopic (exact) mass is 397 g/mol. The molecule has 0 aromatic carbocycles. The number of halogens is 1. The number of nitrogens with zero attached hydrogens (tertiary/aromatic N) is 2. The highest BCUT2D eigenvalue weighted by Crippen LogP contribution is 2.28. The number of likely N-dealkylation sites (N-methyl/N-ethyl adjacent to an activating group) is 1. The summed E-state index contributed by atoms with van der Waals surface area (Å²) in [5.41, 5.74) is 0.359. The zero-order chi connectivity index (χ0) is 14.3. The van der Waals surface area contributed by atoms with Crippen LogP contribution in [-0.4, -0.2) is 51.3 Å². The highest BCUT2D eigenvalue weighted by atomic mass is 127. The number of guanidine groups is 1. The number of aliphatic imine (C=N–C) groups is 1. The normalized spacial score (nSPS) is 15.8. The standard InChI is InChI=1S/C15H31N3O.HI/c1-15(2,3)8-9-17-14(16-4)18(5)10-11-19-12-13-6-7-13;/h13H,6-12H2,1-5H3,(H,16,17);1H. The zero-order valence-corrected chi connectivity index (χ0v) is 16.1. The van der Waals surface area contributed by atoms with Crippen molar-refractivity contribution in [1.29, 1.82) is 0 Å². The van der Waals surface area contributed by atoms with E-state index in [0.717, 1.165) is 44.6 Å². The van der Waals surface area contributed by atoms with Gasteiger partial charge >= 0.3 is 0 Å². The maximum absolute atomic E-state index is 5.66. The Hall–Kier alpha value is -0.0400. The van der Waals surface area contributed by atoms with E-state index in [9.17, 15) is 0 Å². The third-order valence-corrected chi connectivity index (χ3v) is 3.35. The van der Waals surface area contributed by atoms with E-state index < -0.39 is 0 Å². The van der Waals surface area contributed by atoms with Gasteiger partial charge in [-0.25, -0.2) is 0 Å². The fourth-order valence-electron chi connectivity index (χ4n) is 1.78. The molecule has 0 aromatic rings. The van der Waals surface area contributed by atoms with E-state index in [-0.39, 0.29) is 24.0 Å². The minimum Gasteiger partial charge on any atom is -0.379 e. The summed E-state index contributed by atoms with van der Waals surface area (Å²) in [6.45, 7) is 10.3. The molecule has 0 amide bonds. The molecular weight excluding hydrogens is 365 g/mol. The molecule has 1 aliphatic carbocycles. The molecule has 1 aliphatic rings. The summed E-state index contributed by atoms with van der Waals surface area (Å²) in [6, 6.07) is 0. The van der Waals surface area contributed by atoms with Gasteiger partial charge in [-0.15, -0.1) is 24.0 Å². The third kappa shape index (κ3) is 9.80. The van der Waals surface area contributed by atoms with E-state index in [0.29, 0.717) is 5.41 Å². The van der Waals surface area contributed by atoms with E-state index in [1.54, 1.807) is 0 Å². The summed E-state index contributed by atoms with van der Waals surface area (Å²) >= 11 is 0. The molecule has 0 unspecified atom stereocenters. The van der Waals surface area contributed by atoms with Gasteiger partial charge in [0.05, 0.1) is 6.61 Å². The highest BCUT2D eigenvalue weighted by molar-refractivity contribution is 14.0. The number of rotatable bonds is 7. The van der Waals surface area contributed by atoms with Crippen molar-refractivity contribution in [3.05, 3.63) is 0 Å². The number of nitrogens with one attached hydrogen (secondary N) is 1. The summed E-state index contributed by atoms with van der Waals surface area (Å²) in [5, 5.41) is 3.41. The molecule has 0 atom stereocenters. The van der Waals surface area contributed by atoms with Gasteiger partial charge in [-0.05, 0) is 30.6 Å². The van der Waals surface area contributed by atoms with Crippen LogP contribution in [0.25, 0.3) is 0 Å². The molecule has 0 aromatic heterocycles. The first-order valence-electron chi connectivity index (χ1n) is 7.42. The van der Waals surface area contributed by atoms with Gasteiger partial charge in [0, 0.05) is 33.8 Å². The molecule has 1 rings (SSSR count). The summed E-state index contributed by atoms with van der Waals surface area (Å²) in [7, 11) is 3.90. The van der Waals surface area contributed by atoms with Gasteiger partial charge in [0.1, 0.15) is 0 Å². The molecule has 20 heavy (non-hydrogen) atoms. The minimum atomic E-state index is 0. The van der Waals surface area contributed by atoms with Crippen LogP contribution in [0.5, 0.6) is 0 Å². The SMILES string of the molecule is CN=C(NCCC(C)(C)C)N(C)CCOCC1CC1.I. The van der Waals surface area contributed by atoms with Crippen LogP contribution in [0, 0.1) is 11.3 Å². The summed E-state index contributed by atoms with van der Waals surface area (Å²) in [4.78, 5) is 6.44. The van der Waals surface area contributed by atoms with Crippen LogP contribution in [0.15, 0.2) is 4.99 Å². The Morgan fingerprint density at radius 1 is 1.35 bits per heavy atom. The second-order valence-corrected chi connectivity index (χ2v) is 6.72. The molecule has 0 saturated heterocycles. The number of ether oxygens (including phenoxy) is 1. The van der Waals surface area contributed by atoms with Crippen molar-refractivity contribution in [3.63, 3.8) is 0 Å². The quantitative estimate of drug-likeness (QED) is 0.311. The van der Waals surface area contributed by atoms with Gasteiger partial charge in [0.2, 0.25) is 0 Å². The van der Waals surface area contributed by atoms with Gasteiger partial charge < -0.3 is 15.0 Å². The summed E-state index contributed by atoms with van der Waals surface area (Å²) in [5.74, 6) is 1.80. The first-order valence-corrected chi connectivity index (χ1v) is 7.42. The van der Waals surface area contributed by atoms with Crippen LogP contribution in [0.2, 0.25) is 0 Å². The average Bonchev–Trinajstić information content (AvgIpc) is 3.12. The lowest BCUT2D eigenvalue weighted by atomic mass is 9.92. The fourth-order valence-corrected chi connectivity index (χ4v) is 1.78. The summed E-state index contributed by atoms with van der Waals surface area (Å²) in [6.07, 6.45) is 3.84. The van der Waals surface area contributed by atoms with Crippen LogP contribution < -0.4 is 5.32 Å². The molecule has 4 nitrogen and oxygen atoms in total. The molecule has 120 valence electrons. The molecule has 1 fully saturated rings. The van der Waals surface area contributed by atoms with Crippen molar-refractivity contribution >= 4 is 29.9 Å². The van der Waals surface area contributed by atoms with Gasteiger partial charge in [-0.2, -0.15) is 0 Å². The van der Waals surface area contributed by atoms with Crippen molar-refractivity contribution in [2.45, 2.75) is 40.0 Å². The van der Waals surface area contributed by atoms with Gasteiger partial charge in [0.15, 0.2) is 5.96 Å². The van der Waals surface area contributed by atoms with Crippen molar-refractivity contribution < 1.29 is 4.74 Å². The average molecular weight is 397 g/mol. The molecule has 1 saturated carbocycles. The Morgan fingerprint density at radius 2 is 2.00 bits per heavy atom. The number of hydrogen-bond acceptors (Lipinski definition) is 2. The van der Waals surface area contributed by atoms with E-state index in [2.05, 4.69) is 43.0 Å². The van der Waals surface area contributed by atoms with Crippen LogP contribution in [0.1, 0.15) is 40.0 Å². The molecule has 5 heteroatoms.